The Morgan fingerprint density at radius 1 is 1.20 bits per heavy atom. The van der Waals surface area contributed by atoms with Gasteiger partial charge in [-0.3, -0.25) is 4.79 Å². The molecule has 1 heterocycles. The molecule has 1 N–H and O–H groups in total. The molecule has 0 radical (unpaired) electrons. The first-order valence-corrected chi connectivity index (χ1v) is 9.62. The molecule has 1 saturated carbocycles. The lowest BCUT2D eigenvalue weighted by Crippen LogP contribution is -2.14. The molecule has 0 bridgehead atoms. The van der Waals surface area contributed by atoms with Crippen molar-refractivity contribution >= 4 is 28.2 Å². The van der Waals surface area contributed by atoms with Crippen LogP contribution in [0.5, 0.6) is 0 Å². The van der Waals surface area contributed by atoms with Crippen molar-refractivity contribution in [2.45, 2.75) is 38.5 Å². The summed E-state index contributed by atoms with van der Waals surface area (Å²) in [5.74, 6) is 0.221. The molecule has 4 nitrogen and oxygen atoms in total. The molecule has 0 aliphatic heterocycles. The van der Waals surface area contributed by atoms with Gasteiger partial charge in [0.25, 0.3) is 0 Å². The van der Waals surface area contributed by atoms with Crippen LogP contribution < -0.4 is 5.32 Å². The molecule has 1 aromatic heterocycles. The van der Waals surface area contributed by atoms with Crippen LogP contribution >= 0.6 is 11.3 Å². The van der Waals surface area contributed by atoms with E-state index in [1.165, 1.54) is 44.1 Å². The van der Waals surface area contributed by atoms with Crippen LogP contribution in [0.2, 0.25) is 0 Å². The van der Waals surface area contributed by atoms with Crippen LogP contribution in [0.25, 0.3) is 11.1 Å². The Hall–Kier alpha value is -2.14. The van der Waals surface area contributed by atoms with Crippen LogP contribution in [0.1, 0.15) is 48.9 Å². The standard InChI is InChI=1S/C20H23NO3S/c1-24-20(23)18-16(15-9-3-2-4-10-15)13-25-19(18)21-17(22)12-11-14-7-5-6-8-14/h2-4,9-10,13-14H,5-8,11-12H2,1H3,(H,21,22). The summed E-state index contributed by atoms with van der Waals surface area (Å²) in [5, 5.41) is 5.39. The predicted octanol–water partition coefficient (Wildman–Crippen LogP) is 5.11. The van der Waals surface area contributed by atoms with E-state index < -0.39 is 5.97 Å². The van der Waals surface area contributed by atoms with Crippen LogP contribution in [0.15, 0.2) is 35.7 Å². The van der Waals surface area contributed by atoms with E-state index in [0.717, 1.165) is 17.5 Å². The highest BCUT2D eigenvalue weighted by Gasteiger charge is 2.23. The first kappa shape index (κ1) is 17.7. The second-order valence-corrected chi connectivity index (χ2v) is 7.33. The van der Waals surface area contributed by atoms with Gasteiger partial charge in [0.1, 0.15) is 10.6 Å². The van der Waals surface area contributed by atoms with Crippen molar-refractivity contribution in [3.8, 4) is 11.1 Å². The third-order valence-electron chi connectivity index (χ3n) is 4.77. The Kier molecular flexibility index (Phi) is 5.87. The van der Waals surface area contributed by atoms with Crippen molar-refractivity contribution in [2.75, 3.05) is 12.4 Å². The molecule has 0 saturated heterocycles. The van der Waals surface area contributed by atoms with Crippen molar-refractivity contribution in [2.24, 2.45) is 5.92 Å². The number of benzene rings is 1. The van der Waals surface area contributed by atoms with Crippen molar-refractivity contribution in [3.05, 3.63) is 41.3 Å². The van der Waals surface area contributed by atoms with E-state index in [4.69, 9.17) is 4.74 Å². The Balaban J connectivity index is 1.75. The summed E-state index contributed by atoms with van der Waals surface area (Å²) in [6.45, 7) is 0. The Morgan fingerprint density at radius 2 is 1.92 bits per heavy atom. The second kappa shape index (κ2) is 8.30. The molecule has 0 atom stereocenters. The third-order valence-corrected chi connectivity index (χ3v) is 5.67. The van der Waals surface area contributed by atoms with Crippen molar-refractivity contribution in [1.82, 2.24) is 0 Å². The van der Waals surface area contributed by atoms with E-state index in [2.05, 4.69) is 5.32 Å². The summed E-state index contributed by atoms with van der Waals surface area (Å²) < 4.78 is 4.94. The van der Waals surface area contributed by atoms with E-state index in [1.54, 1.807) is 0 Å². The van der Waals surface area contributed by atoms with Gasteiger partial charge in [-0.1, -0.05) is 56.0 Å². The van der Waals surface area contributed by atoms with Crippen LogP contribution in [-0.2, 0) is 9.53 Å². The van der Waals surface area contributed by atoms with Gasteiger partial charge in [0.05, 0.1) is 7.11 Å². The molecule has 0 spiro atoms. The van der Waals surface area contributed by atoms with Gasteiger partial charge in [-0.2, -0.15) is 0 Å². The van der Waals surface area contributed by atoms with Crippen LogP contribution in [0, 0.1) is 5.92 Å². The molecule has 1 fully saturated rings. The summed E-state index contributed by atoms with van der Waals surface area (Å²) in [6.07, 6.45) is 6.46. The van der Waals surface area contributed by atoms with Crippen LogP contribution in [0.3, 0.4) is 0 Å². The maximum absolute atomic E-state index is 12.3. The number of anilines is 1. The fraction of sp³-hybridized carbons (Fsp3) is 0.400. The van der Waals surface area contributed by atoms with Gasteiger partial charge in [0, 0.05) is 17.4 Å². The highest BCUT2D eigenvalue weighted by atomic mass is 32.1. The molecule has 2 aromatic rings. The van der Waals surface area contributed by atoms with Gasteiger partial charge in [-0.15, -0.1) is 11.3 Å². The molecule has 25 heavy (non-hydrogen) atoms. The number of carbonyl (C=O) groups excluding carboxylic acids is 2. The first-order valence-electron chi connectivity index (χ1n) is 8.74. The Bertz CT molecular complexity index is 733. The van der Waals surface area contributed by atoms with Crippen LogP contribution in [-0.4, -0.2) is 19.0 Å². The lowest BCUT2D eigenvalue weighted by molar-refractivity contribution is -0.116. The Labute approximate surface area is 152 Å². The largest absolute Gasteiger partial charge is 0.465 e. The molecule has 0 unspecified atom stereocenters. The van der Waals surface area contributed by atoms with Crippen molar-refractivity contribution < 1.29 is 14.3 Å². The maximum Gasteiger partial charge on any atom is 0.341 e. The number of esters is 1. The molecular formula is C20H23NO3S. The first-order chi connectivity index (χ1) is 12.2. The zero-order valence-electron chi connectivity index (χ0n) is 14.4. The maximum atomic E-state index is 12.3. The predicted molar refractivity (Wildman–Crippen MR) is 101 cm³/mol. The molecule has 3 rings (SSSR count). The number of methoxy groups -OCH3 is 1. The van der Waals surface area contributed by atoms with E-state index in [9.17, 15) is 9.59 Å². The van der Waals surface area contributed by atoms with Crippen LogP contribution in [0.4, 0.5) is 5.00 Å². The number of hydrogen-bond donors (Lipinski definition) is 1. The second-order valence-electron chi connectivity index (χ2n) is 6.45. The summed E-state index contributed by atoms with van der Waals surface area (Å²) in [6, 6.07) is 9.67. The lowest BCUT2D eigenvalue weighted by atomic mass is 10.0. The highest BCUT2D eigenvalue weighted by Crippen LogP contribution is 2.36. The number of amides is 1. The summed E-state index contributed by atoms with van der Waals surface area (Å²) >= 11 is 1.37. The molecular weight excluding hydrogens is 334 g/mol. The topological polar surface area (TPSA) is 55.4 Å². The molecule has 1 amide bonds. The molecule has 1 aliphatic carbocycles. The average Bonchev–Trinajstić information content (AvgIpc) is 3.30. The number of hydrogen-bond acceptors (Lipinski definition) is 4. The third kappa shape index (κ3) is 4.28. The lowest BCUT2D eigenvalue weighted by Gasteiger charge is -2.10. The van der Waals surface area contributed by atoms with Crippen molar-refractivity contribution in [3.63, 3.8) is 0 Å². The van der Waals surface area contributed by atoms with Gasteiger partial charge in [-0.25, -0.2) is 4.79 Å². The average molecular weight is 357 g/mol. The summed E-state index contributed by atoms with van der Waals surface area (Å²) in [4.78, 5) is 24.6. The zero-order chi connectivity index (χ0) is 17.6. The Morgan fingerprint density at radius 3 is 2.60 bits per heavy atom. The fourth-order valence-corrected chi connectivity index (χ4v) is 4.38. The van der Waals surface area contributed by atoms with Gasteiger partial charge in [-0.05, 0) is 17.9 Å². The van der Waals surface area contributed by atoms with E-state index in [0.29, 0.717) is 22.9 Å². The van der Waals surface area contributed by atoms with E-state index in [-0.39, 0.29) is 5.91 Å². The molecule has 5 heteroatoms. The smallest absolute Gasteiger partial charge is 0.341 e. The highest BCUT2D eigenvalue weighted by molar-refractivity contribution is 7.15. The van der Waals surface area contributed by atoms with Gasteiger partial charge < -0.3 is 10.1 Å². The fourth-order valence-electron chi connectivity index (χ4n) is 3.41. The minimum Gasteiger partial charge on any atom is -0.465 e. The molecule has 132 valence electrons. The van der Waals surface area contributed by atoms with Gasteiger partial charge in [0.15, 0.2) is 0 Å². The minimum atomic E-state index is -0.425. The number of thiophene rings is 1. The summed E-state index contributed by atoms with van der Waals surface area (Å²) in [5.41, 5.74) is 2.17. The van der Waals surface area contributed by atoms with E-state index in [1.807, 2.05) is 35.7 Å². The number of ether oxygens (including phenoxy) is 1. The van der Waals surface area contributed by atoms with Crippen molar-refractivity contribution in [1.29, 1.82) is 0 Å². The SMILES string of the molecule is COC(=O)c1c(-c2ccccc2)csc1NC(=O)CCC1CCCC1. The minimum absolute atomic E-state index is 0.0292. The normalized spacial score (nSPS) is 14.4. The van der Waals surface area contributed by atoms with Gasteiger partial charge in [0.2, 0.25) is 5.91 Å². The number of rotatable bonds is 6. The zero-order valence-corrected chi connectivity index (χ0v) is 15.2. The number of nitrogens with one attached hydrogen (secondary N) is 1. The van der Waals surface area contributed by atoms with Gasteiger partial charge >= 0.3 is 5.97 Å². The quantitative estimate of drug-likeness (QED) is 0.731. The summed E-state index contributed by atoms with van der Waals surface area (Å²) in [7, 11) is 1.36. The monoisotopic (exact) mass is 357 g/mol. The molecule has 1 aromatic carbocycles. The number of carbonyl (C=O) groups is 2. The van der Waals surface area contributed by atoms with E-state index >= 15 is 0 Å². The molecule has 1 aliphatic rings.